The minimum atomic E-state index is -3.17. The van der Waals surface area contributed by atoms with Crippen LogP contribution in [0.2, 0.25) is 0 Å². The maximum atomic E-state index is 11.3. The van der Waals surface area contributed by atoms with E-state index < -0.39 is 7.82 Å². The van der Waals surface area contributed by atoms with Gasteiger partial charge in [0.2, 0.25) is 0 Å². The Kier molecular flexibility index (Phi) is 0.954. The molecule has 2 bridgehead atoms. The summed E-state index contributed by atoms with van der Waals surface area (Å²) < 4.78 is 26.3. The molecule has 60 valence electrons. The van der Waals surface area contributed by atoms with Crippen molar-refractivity contribution in [3.63, 3.8) is 0 Å². The first-order chi connectivity index (χ1) is 5.27. The van der Waals surface area contributed by atoms with Gasteiger partial charge in [0, 0.05) is 0 Å². The Hall–Kier alpha value is -0.350. The standard InChI is InChI=1S/C5H6NO4P/c7-11-8-3-1-2-6-5(10-11)4(3)9-11/h1-6H. The summed E-state index contributed by atoms with van der Waals surface area (Å²) in [7, 11) is -3.17. The minimum Gasteiger partial charge on any atom is -0.364 e. The molecule has 11 heavy (non-hydrogen) atoms. The fourth-order valence-corrected chi connectivity index (χ4v) is 3.06. The number of phosphoric ester groups is 1. The first kappa shape index (κ1) is 6.20. The zero-order valence-corrected chi connectivity index (χ0v) is 6.36. The summed E-state index contributed by atoms with van der Waals surface area (Å²) >= 11 is 0. The largest absolute Gasteiger partial charge is 0.478 e. The Balaban J connectivity index is 2.09. The summed E-state index contributed by atoms with van der Waals surface area (Å²) in [6.07, 6.45) is 2.80. The monoisotopic (exact) mass is 175 g/mol. The topological polar surface area (TPSA) is 56.8 Å². The molecule has 0 radical (unpaired) electrons. The molecule has 0 amide bonds. The Bertz CT molecular complexity index is 272. The first-order valence-corrected chi connectivity index (χ1v) is 4.81. The zero-order chi connectivity index (χ0) is 7.47. The van der Waals surface area contributed by atoms with Crippen LogP contribution in [-0.4, -0.2) is 18.4 Å². The van der Waals surface area contributed by atoms with E-state index in [4.69, 9.17) is 13.6 Å². The molecule has 5 nitrogen and oxygen atoms in total. The van der Waals surface area contributed by atoms with Crippen molar-refractivity contribution in [2.24, 2.45) is 0 Å². The number of fused-ring (bicyclic) bond motifs is 1. The molecule has 4 atom stereocenters. The summed E-state index contributed by atoms with van der Waals surface area (Å²) in [5, 5.41) is 2.89. The van der Waals surface area contributed by atoms with Crippen molar-refractivity contribution in [1.82, 2.24) is 5.32 Å². The van der Waals surface area contributed by atoms with Crippen LogP contribution in [-0.2, 0) is 18.1 Å². The third-order valence-corrected chi connectivity index (χ3v) is 3.40. The van der Waals surface area contributed by atoms with Crippen molar-refractivity contribution in [3.05, 3.63) is 12.3 Å². The van der Waals surface area contributed by atoms with Crippen LogP contribution in [0.3, 0.4) is 0 Å². The number of nitrogens with one attached hydrogen (secondary N) is 1. The highest BCUT2D eigenvalue weighted by atomic mass is 31.2. The van der Waals surface area contributed by atoms with E-state index in [-0.39, 0.29) is 18.4 Å². The van der Waals surface area contributed by atoms with Gasteiger partial charge in [-0.3, -0.25) is 13.6 Å². The van der Waals surface area contributed by atoms with Crippen molar-refractivity contribution in [2.45, 2.75) is 18.4 Å². The lowest BCUT2D eigenvalue weighted by molar-refractivity contribution is 0.0388. The van der Waals surface area contributed by atoms with Crippen LogP contribution in [0.15, 0.2) is 12.3 Å². The number of hydrogen-bond donors (Lipinski definition) is 1. The molecule has 3 aliphatic rings. The Morgan fingerprint density at radius 3 is 2.91 bits per heavy atom. The van der Waals surface area contributed by atoms with Crippen molar-refractivity contribution >= 4 is 7.82 Å². The Morgan fingerprint density at radius 1 is 1.36 bits per heavy atom. The highest BCUT2D eigenvalue weighted by molar-refractivity contribution is 7.49. The lowest BCUT2D eigenvalue weighted by Gasteiger charge is -2.26. The maximum Gasteiger partial charge on any atom is 0.478 e. The van der Waals surface area contributed by atoms with Crippen molar-refractivity contribution in [3.8, 4) is 0 Å². The van der Waals surface area contributed by atoms with E-state index >= 15 is 0 Å². The third kappa shape index (κ3) is 0.688. The molecular weight excluding hydrogens is 169 g/mol. The first-order valence-electron chi connectivity index (χ1n) is 3.35. The van der Waals surface area contributed by atoms with Gasteiger partial charge in [-0.25, -0.2) is 4.57 Å². The van der Waals surface area contributed by atoms with E-state index in [0.717, 1.165) is 0 Å². The smallest absolute Gasteiger partial charge is 0.364 e. The van der Waals surface area contributed by atoms with Gasteiger partial charge in [0.1, 0.15) is 12.2 Å². The second-order valence-electron chi connectivity index (χ2n) is 2.64. The molecule has 0 aliphatic carbocycles. The fourth-order valence-electron chi connectivity index (χ4n) is 1.43. The molecular formula is C5H6NO4P. The SMILES string of the molecule is O=P12OC3C=CNC(O1)C3O2. The molecule has 2 saturated heterocycles. The highest BCUT2D eigenvalue weighted by Crippen LogP contribution is 2.65. The van der Waals surface area contributed by atoms with E-state index in [2.05, 4.69) is 5.32 Å². The van der Waals surface area contributed by atoms with E-state index in [9.17, 15) is 4.57 Å². The van der Waals surface area contributed by atoms with Gasteiger partial charge in [0.25, 0.3) is 0 Å². The summed E-state index contributed by atoms with van der Waals surface area (Å²) in [5.41, 5.74) is 0. The molecule has 3 rings (SSSR count). The summed E-state index contributed by atoms with van der Waals surface area (Å²) in [6.45, 7) is 0. The number of rotatable bonds is 0. The molecule has 0 spiro atoms. The van der Waals surface area contributed by atoms with Crippen molar-refractivity contribution in [1.29, 1.82) is 0 Å². The second kappa shape index (κ2) is 1.69. The summed E-state index contributed by atoms with van der Waals surface area (Å²) in [5.74, 6) is 0. The minimum absolute atomic E-state index is 0.194. The van der Waals surface area contributed by atoms with Crippen molar-refractivity contribution < 1.29 is 18.1 Å². The van der Waals surface area contributed by atoms with Crippen LogP contribution < -0.4 is 5.32 Å². The van der Waals surface area contributed by atoms with Gasteiger partial charge >= 0.3 is 7.82 Å². The quantitative estimate of drug-likeness (QED) is 0.538. The predicted octanol–water partition coefficient (Wildman–Crippen LogP) is 0.352. The summed E-state index contributed by atoms with van der Waals surface area (Å²) in [6, 6.07) is 0. The van der Waals surface area contributed by atoms with Crippen LogP contribution in [0.25, 0.3) is 0 Å². The number of phosphoric acid groups is 1. The molecule has 0 aromatic heterocycles. The van der Waals surface area contributed by atoms with Gasteiger partial charge in [-0.1, -0.05) is 0 Å². The average molecular weight is 175 g/mol. The average Bonchev–Trinajstić information content (AvgIpc) is 2.37. The molecule has 0 aromatic carbocycles. The molecule has 1 N–H and O–H groups in total. The highest BCUT2D eigenvalue weighted by Gasteiger charge is 2.58. The van der Waals surface area contributed by atoms with Gasteiger partial charge in [0.15, 0.2) is 6.23 Å². The van der Waals surface area contributed by atoms with E-state index in [1.54, 1.807) is 12.3 Å². The second-order valence-corrected chi connectivity index (χ2v) is 4.17. The van der Waals surface area contributed by atoms with Crippen LogP contribution >= 0.6 is 7.82 Å². The fraction of sp³-hybridized carbons (Fsp3) is 0.600. The normalized spacial score (nSPS) is 58.0. The van der Waals surface area contributed by atoms with Gasteiger partial charge in [-0.05, 0) is 12.3 Å². The van der Waals surface area contributed by atoms with Gasteiger partial charge in [-0.2, -0.15) is 0 Å². The Labute approximate surface area is 62.9 Å². The Morgan fingerprint density at radius 2 is 2.27 bits per heavy atom. The summed E-state index contributed by atoms with van der Waals surface area (Å²) in [4.78, 5) is 0. The van der Waals surface area contributed by atoms with Crippen LogP contribution in [0.4, 0.5) is 0 Å². The maximum absolute atomic E-state index is 11.3. The molecule has 4 unspecified atom stereocenters. The van der Waals surface area contributed by atoms with Crippen LogP contribution in [0.1, 0.15) is 0 Å². The van der Waals surface area contributed by atoms with E-state index in [0.29, 0.717) is 0 Å². The van der Waals surface area contributed by atoms with Crippen molar-refractivity contribution in [2.75, 3.05) is 0 Å². The molecule has 2 fully saturated rings. The zero-order valence-electron chi connectivity index (χ0n) is 5.47. The van der Waals surface area contributed by atoms with Gasteiger partial charge in [-0.15, -0.1) is 0 Å². The van der Waals surface area contributed by atoms with Gasteiger partial charge < -0.3 is 5.32 Å². The lowest BCUT2D eigenvalue weighted by atomic mass is 10.1. The number of hydrogen-bond acceptors (Lipinski definition) is 5. The predicted molar refractivity (Wildman–Crippen MR) is 34.5 cm³/mol. The van der Waals surface area contributed by atoms with Crippen LogP contribution in [0.5, 0.6) is 0 Å². The molecule has 0 saturated carbocycles. The van der Waals surface area contributed by atoms with Crippen LogP contribution in [0, 0.1) is 0 Å². The third-order valence-electron chi connectivity index (χ3n) is 1.91. The van der Waals surface area contributed by atoms with Gasteiger partial charge in [0.05, 0.1) is 0 Å². The molecule has 6 heteroatoms. The molecule has 3 aliphatic heterocycles. The lowest BCUT2D eigenvalue weighted by Crippen LogP contribution is -2.45. The van der Waals surface area contributed by atoms with E-state index in [1.165, 1.54) is 0 Å². The molecule has 0 aromatic rings. The molecule has 3 heterocycles. The van der Waals surface area contributed by atoms with E-state index in [1.807, 2.05) is 0 Å².